The first-order valence-corrected chi connectivity index (χ1v) is 6.93. The van der Waals surface area contributed by atoms with Crippen LogP contribution in [-0.2, 0) is 11.2 Å². The molecule has 0 spiro atoms. The summed E-state index contributed by atoms with van der Waals surface area (Å²) in [6, 6.07) is 11.1. The number of aromatic nitrogens is 2. The number of nitriles is 1. The van der Waals surface area contributed by atoms with E-state index in [0.29, 0.717) is 24.4 Å². The number of rotatable bonds is 5. The summed E-state index contributed by atoms with van der Waals surface area (Å²) in [6.07, 6.45) is 0.941. The minimum Gasteiger partial charge on any atom is -0.273 e. The van der Waals surface area contributed by atoms with E-state index in [-0.39, 0.29) is 5.91 Å². The smallest absolute Gasteiger partial charge is 0.242 e. The molecule has 112 valence electrons. The Hall–Kier alpha value is -2.94. The van der Waals surface area contributed by atoms with Crippen LogP contribution in [0, 0.1) is 25.2 Å². The average Bonchev–Trinajstić information content (AvgIpc) is 2.50. The van der Waals surface area contributed by atoms with Crippen molar-refractivity contribution in [2.75, 3.05) is 5.43 Å². The number of aryl methyl sites for hydroxylation is 3. The molecule has 0 fully saturated rings. The van der Waals surface area contributed by atoms with Crippen molar-refractivity contribution in [3.63, 3.8) is 0 Å². The van der Waals surface area contributed by atoms with Gasteiger partial charge in [0, 0.05) is 17.8 Å². The third-order valence-corrected chi connectivity index (χ3v) is 3.02. The Labute approximate surface area is 129 Å². The predicted molar refractivity (Wildman–Crippen MR) is 82.7 cm³/mol. The third-order valence-electron chi connectivity index (χ3n) is 3.02. The fourth-order valence-electron chi connectivity index (χ4n) is 1.97. The van der Waals surface area contributed by atoms with Crippen LogP contribution in [0.4, 0.5) is 5.95 Å². The molecule has 0 aliphatic rings. The van der Waals surface area contributed by atoms with Crippen molar-refractivity contribution in [1.29, 1.82) is 5.26 Å². The van der Waals surface area contributed by atoms with Crippen LogP contribution in [0.3, 0.4) is 0 Å². The molecule has 0 aliphatic carbocycles. The lowest BCUT2D eigenvalue weighted by Crippen LogP contribution is -2.30. The van der Waals surface area contributed by atoms with E-state index in [1.807, 2.05) is 32.0 Å². The number of nitrogens with zero attached hydrogens (tertiary/aromatic N) is 3. The minimum absolute atomic E-state index is 0.146. The van der Waals surface area contributed by atoms with Gasteiger partial charge < -0.3 is 0 Å². The molecule has 0 unspecified atom stereocenters. The summed E-state index contributed by atoms with van der Waals surface area (Å²) < 4.78 is 0. The van der Waals surface area contributed by atoms with Gasteiger partial charge in [-0.05, 0) is 44.0 Å². The summed E-state index contributed by atoms with van der Waals surface area (Å²) in [7, 11) is 0. The second kappa shape index (κ2) is 7.18. The highest BCUT2D eigenvalue weighted by Crippen LogP contribution is 2.06. The maximum Gasteiger partial charge on any atom is 0.242 e. The fourth-order valence-corrected chi connectivity index (χ4v) is 1.97. The molecule has 2 aromatic rings. The van der Waals surface area contributed by atoms with Crippen LogP contribution >= 0.6 is 0 Å². The molecule has 1 aromatic carbocycles. The first-order valence-electron chi connectivity index (χ1n) is 6.93. The van der Waals surface area contributed by atoms with Crippen molar-refractivity contribution in [2.24, 2.45) is 0 Å². The topological polar surface area (TPSA) is 90.7 Å². The molecule has 0 aliphatic heterocycles. The fraction of sp³-hybridized carbons (Fsp3) is 0.250. The van der Waals surface area contributed by atoms with Crippen molar-refractivity contribution >= 4 is 11.9 Å². The van der Waals surface area contributed by atoms with Crippen LogP contribution in [0.25, 0.3) is 0 Å². The highest BCUT2D eigenvalue weighted by atomic mass is 16.2. The Morgan fingerprint density at radius 2 is 1.82 bits per heavy atom. The van der Waals surface area contributed by atoms with Gasteiger partial charge in [-0.15, -0.1) is 0 Å². The molecule has 1 aromatic heterocycles. The molecule has 0 radical (unpaired) electrons. The molecular formula is C16H17N5O. The molecular weight excluding hydrogens is 278 g/mol. The summed E-state index contributed by atoms with van der Waals surface area (Å²) in [4.78, 5) is 20.2. The quantitative estimate of drug-likeness (QED) is 0.824. The second-order valence-corrected chi connectivity index (χ2v) is 4.96. The third kappa shape index (κ3) is 4.56. The standard InChI is InChI=1S/C16H17N5O/c1-11-9-12(2)19-16(18-11)21-20-15(22)8-7-13-3-5-14(10-17)6-4-13/h3-6,9H,7-8H2,1-2H3,(H,20,22)(H,18,19,21). The molecule has 0 saturated heterocycles. The lowest BCUT2D eigenvalue weighted by molar-refractivity contribution is -0.120. The first kappa shape index (κ1) is 15.4. The van der Waals surface area contributed by atoms with E-state index in [0.717, 1.165) is 17.0 Å². The number of benzene rings is 1. The summed E-state index contributed by atoms with van der Waals surface area (Å²) in [6.45, 7) is 3.74. The van der Waals surface area contributed by atoms with E-state index in [4.69, 9.17) is 5.26 Å². The molecule has 0 atom stereocenters. The SMILES string of the molecule is Cc1cc(C)nc(NNC(=O)CCc2ccc(C#N)cc2)n1. The summed E-state index contributed by atoms with van der Waals surface area (Å²) >= 11 is 0. The molecule has 0 saturated carbocycles. The number of carbonyl (C=O) groups is 1. The Morgan fingerprint density at radius 1 is 1.18 bits per heavy atom. The van der Waals surface area contributed by atoms with Gasteiger partial charge in [0.25, 0.3) is 0 Å². The van der Waals surface area contributed by atoms with Gasteiger partial charge in [-0.2, -0.15) is 5.26 Å². The normalized spacial score (nSPS) is 9.86. The Morgan fingerprint density at radius 3 is 2.41 bits per heavy atom. The van der Waals surface area contributed by atoms with E-state index >= 15 is 0 Å². The second-order valence-electron chi connectivity index (χ2n) is 4.96. The van der Waals surface area contributed by atoms with Crippen LogP contribution in [-0.4, -0.2) is 15.9 Å². The van der Waals surface area contributed by atoms with Crippen LogP contribution in [0.15, 0.2) is 30.3 Å². The van der Waals surface area contributed by atoms with Crippen molar-refractivity contribution in [3.8, 4) is 6.07 Å². The number of amides is 1. The Kier molecular flexibility index (Phi) is 5.04. The highest BCUT2D eigenvalue weighted by molar-refractivity contribution is 5.77. The van der Waals surface area contributed by atoms with Gasteiger partial charge in [0.1, 0.15) is 0 Å². The van der Waals surface area contributed by atoms with E-state index in [9.17, 15) is 4.79 Å². The van der Waals surface area contributed by atoms with Crippen molar-refractivity contribution in [1.82, 2.24) is 15.4 Å². The lowest BCUT2D eigenvalue weighted by atomic mass is 10.1. The summed E-state index contributed by atoms with van der Waals surface area (Å²) in [5, 5.41) is 8.73. The largest absolute Gasteiger partial charge is 0.273 e. The zero-order chi connectivity index (χ0) is 15.9. The predicted octanol–water partition coefficient (Wildman–Crippen LogP) is 2.04. The molecule has 22 heavy (non-hydrogen) atoms. The number of hydrazine groups is 1. The Balaban J connectivity index is 1.81. The van der Waals surface area contributed by atoms with Crippen LogP contribution in [0.2, 0.25) is 0 Å². The van der Waals surface area contributed by atoms with E-state index < -0.39 is 0 Å². The molecule has 2 rings (SSSR count). The van der Waals surface area contributed by atoms with Crippen molar-refractivity contribution in [3.05, 3.63) is 52.8 Å². The van der Waals surface area contributed by atoms with Crippen molar-refractivity contribution < 1.29 is 4.79 Å². The first-order chi connectivity index (χ1) is 10.6. The average molecular weight is 295 g/mol. The Bertz CT molecular complexity index is 683. The minimum atomic E-state index is -0.146. The number of hydrogen-bond acceptors (Lipinski definition) is 5. The van der Waals surface area contributed by atoms with Gasteiger partial charge >= 0.3 is 0 Å². The van der Waals surface area contributed by atoms with Gasteiger partial charge in [0.05, 0.1) is 11.6 Å². The number of anilines is 1. The summed E-state index contributed by atoms with van der Waals surface area (Å²) in [5.41, 5.74) is 8.59. The summed E-state index contributed by atoms with van der Waals surface area (Å²) in [5.74, 6) is 0.233. The van der Waals surface area contributed by atoms with E-state index in [1.54, 1.807) is 12.1 Å². The van der Waals surface area contributed by atoms with E-state index in [2.05, 4.69) is 26.9 Å². The van der Waals surface area contributed by atoms with E-state index in [1.165, 1.54) is 0 Å². The molecule has 6 heteroatoms. The number of nitrogens with one attached hydrogen (secondary N) is 2. The molecule has 1 amide bonds. The highest BCUT2D eigenvalue weighted by Gasteiger charge is 2.04. The van der Waals surface area contributed by atoms with Crippen LogP contribution in [0.1, 0.15) is 28.9 Å². The van der Waals surface area contributed by atoms with Gasteiger partial charge in [-0.3, -0.25) is 15.6 Å². The zero-order valence-corrected chi connectivity index (χ0v) is 12.6. The molecule has 6 nitrogen and oxygen atoms in total. The monoisotopic (exact) mass is 295 g/mol. The van der Waals surface area contributed by atoms with Crippen molar-refractivity contribution in [2.45, 2.75) is 26.7 Å². The van der Waals surface area contributed by atoms with Crippen LogP contribution < -0.4 is 10.9 Å². The van der Waals surface area contributed by atoms with Gasteiger partial charge in [0.15, 0.2) is 0 Å². The zero-order valence-electron chi connectivity index (χ0n) is 12.6. The number of carbonyl (C=O) groups excluding carboxylic acids is 1. The molecule has 0 bridgehead atoms. The van der Waals surface area contributed by atoms with Gasteiger partial charge in [-0.25, -0.2) is 9.97 Å². The maximum absolute atomic E-state index is 11.8. The van der Waals surface area contributed by atoms with Gasteiger partial charge in [-0.1, -0.05) is 12.1 Å². The molecule has 1 heterocycles. The lowest BCUT2D eigenvalue weighted by Gasteiger charge is -2.08. The van der Waals surface area contributed by atoms with Crippen LogP contribution in [0.5, 0.6) is 0 Å². The van der Waals surface area contributed by atoms with Gasteiger partial charge in [0.2, 0.25) is 11.9 Å². The maximum atomic E-state index is 11.8. The number of hydrogen-bond donors (Lipinski definition) is 2. The molecule has 2 N–H and O–H groups in total.